The van der Waals surface area contributed by atoms with Gasteiger partial charge < -0.3 is 20.4 Å². The lowest BCUT2D eigenvalue weighted by atomic mass is 10.1. The first-order chi connectivity index (χ1) is 19.1. The average Bonchev–Trinajstić information content (AvgIpc) is 3.03. The molecule has 2 aromatic carbocycles. The van der Waals surface area contributed by atoms with E-state index in [-0.39, 0.29) is 22.8 Å². The zero-order chi connectivity index (χ0) is 28.6. The number of hydrogen-bond acceptors (Lipinski definition) is 8. The van der Waals surface area contributed by atoms with Crippen molar-refractivity contribution < 1.29 is 18.0 Å². The number of carbonyl (C=O) groups is 2. The van der Waals surface area contributed by atoms with Crippen molar-refractivity contribution >= 4 is 50.7 Å². The molecule has 208 valence electrons. The van der Waals surface area contributed by atoms with Crippen LogP contribution in [0.4, 0.5) is 28.8 Å². The summed E-state index contributed by atoms with van der Waals surface area (Å²) in [6.45, 7) is 6.03. The predicted molar refractivity (Wildman–Crippen MR) is 154 cm³/mol. The Morgan fingerprint density at radius 2 is 1.75 bits per heavy atom. The van der Waals surface area contributed by atoms with Crippen LogP contribution in [0.15, 0.2) is 66.2 Å². The van der Waals surface area contributed by atoms with Crippen molar-refractivity contribution in [2.45, 2.75) is 30.7 Å². The minimum absolute atomic E-state index is 0.0704. The van der Waals surface area contributed by atoms with Crippen LogP contribution in [0.2, 0.25) is 0 Å². The molecule has 40 heavy (non-hydrogen) atoms. The molecule has 0 saturated carbocycles. The molecule has 2 N–H and O–H groups in total. The van der Waals surface area contributed by atoms with E-state index in [0.717, 1.165) is 11.3 Å². The molecule has 0 atom stereocenters. The second-order valence-corrected chi connectivity index (χ2v) is 11.8. The summed E-state index contributed by atoms with van der Waals surface area (Å²) in [7, 11) is -0.129. The van der Waals surface area contributed by atoms with Gasteiger partial charge in [-0.25, -0.2) is 13.4 Å². The van der Waals surface area contributed by atoms with Crippen molar-refractivity contribution in [2.75, 3.05) is 42.3 Å². The largest absolute Gasteiger partial charge is 0.350 e. The van der Waals surface area contributed by atoms with Gasteiger partial charge in [-0.2, -0.15) is 9.29 Å². The number of piperidine rings is 1. The molecule has 2 aliphatic rings. The highest BCUT2D eigenvalue weighted by Crippen LogP contribution is 2.38. The Kier molecular flexibility index (Phi) is 7.30. The molecule has 3 aromatic rings. The van der Waals surface area contributed by atoms with Gasteiger partial charge in [-0.15, -0.1) is 0 Å². The number of aryl methyl sites for hydroxylation is 1. The van der Waals surface area contributed by atoms with E-state index in [1.54, 1.807) is 37.5 Å². The Bertz CT molecular complexity index is 1580. The number of benzene rings is 2. The molecule has 0 spiro atoms. The van der Waals surface area contributed by atoms with Gasteiger partial charge in [0.2, 0.25) is 21.9 Å². The fourth-order valence-corrected chi connectivity index (χ4v) is 6.39. The van der Waals surface area contributed by atoms with E-state index in [9.17, 15) is 18.0 Å². The lowest BCUT2D eigenvalue weighted by Gasteiger charge is -2.31. The molecule has 1 aromatic heterocycles. The van der Waals surface area contributed by atoms with Gasteiger partial charge >= 0.3 is 0 Å². The lowest BCUT2D eigenvalue weighted by Crippen LogP contribution is -2.46. The number of nitrogens with zero attached hydrogens (tertiary/aromatic N) is 5. The number of hydrogen-bond donors (Lipinski definition) is 2. The van der Waals surface area contributed by atoms with Crippen LogP contribution in [0.3, 0.4) is 0 Å². The number of rotatable bonds is 6. The molecule has 1 saturated heterocycles. The number of amides is 2. The van der Waals surface area contributed by atoms with Crippen LogP contribution in [0.1, 0.15) is 28.8 Å². The third-order valence-corrected chi connectivity index (χ3v) is 9.12. The maximum atomic E-state index is 13.2. The monoisotopic (exact) mass is 561 g/mol. The molecule has 2 aliphatic heterocycles. The maximum absolute atomic E-state index is 13.2. The van der Waals surface area contributed by atoms with Crippen LogP contribution in [0.25, 0.3) is 0 Å². The van der Waals surface area contributed by atoms with Gasteiger partial charge in [-0.1, -0.05) is 18.2 Å². The second-order valence-electron chi connectivity index (χ2n) is 9.89. The molecule has 11 nitrogen and oxygen atoms in total. The molecule has 0 bridgehead atoms. The summed E-state index contributed by atoms with van der Waals surface area (Å²) in [5, 5.41) is 5.96. The van der Waals surface area contributed by atoms with Crippen LogP contribution in [0, 0.1) is 6.92 Å². The fourth-order valence-electron chi connectivity index (χ4n) is 4.92. The second kappa shape index (κ2) is 10.7. The summed E-state index contributed by atoms with van der Waals surface area (Å²) in [5.74, 6) is 0.468. The van der Waals surface area contributed by atoms with E-state index in [0.29, 0.717) is 54.6 Å². The molecule has 1 fully saturated rings. The summed E-state index contributed by atoms with van der Waals surface area (Å²) in [6.07, 6.45) is 3.88. The third kappa shape index (κ3) is 5.15. The molecule has 12 heteroatoms. The quantitative estimate of drug-likeness (QED) is 0.439. The highest BCUT2D eigenvalue weighted by Gasteiger charge is 2.31. The Morgan fingerprint density at radius 3 is 2.42 bits per heavy atom. The first-order valence-corrected chi connectivity index (χ1v) is 14.3. The van der Waals surface area contributed by atoms with E-state index >= 15 is 0 Å². The van der Waals surface area contributed by atoms with Crippen molar-refractivity contribution in [1.29, 1.82) is 0 Å². The van der Waals surface area contributed by atoms with Crippen LogP contribution in [-0.4, -0.2) is 67.7 Å². The number of carbonyl (C=O) groups excluding carboxylic acids is 2. The summed E-state index contributed by atoms with van der Waals surface area (Å²) in [5.41, 5.74) is 3.50. The first kappa shape index (κ1) is 27.3. The van der Waals surface area contributed by atoms with Crippen LogP contribution < -0.4 is 20.4 Å². The highest BCUT2D eigenvalue weighted by atomic mass is 32.2. The van der Waals surface area contributed by atoms with Crippen molar-refractivity contribution in [2.24, 2.45) is 0 Å². The zero-order valence-corrected chi connectivity index (χ0v) is 23.4. The number of aromatic nitrogens is 2. The molecule has 3 heterocycles. The number of sulfonamides is 1. The van der Waals surface area contributed by atoms with Crippen LogP contribution in [-0.2, 0) is 14.8 Å². The highest BCUT2D eigenvalue weighted by molar-refractivity contribution is 7.89. The zero-order valence-electron chi connectivity index (χ0n) is 22.6. The molecular formula is C28H31N7O4S. The van der Waals surface area contributed by atoms with Gasteiger partial charge in [0.1, 0.15) is 5.69 Å². The van der Waals surface area contributed by atoms with Gasteiger partial charge in [-0.05, 0) is 62.2 Å². The first-order valence-electron chi connectivity index (χ1n) is 12.9. The summed E-state index contributed by atoms with van der Waals surface area (Å²) >= 11 is 0. The van der Waals surface area contributed by atoms with Crippen molar-refractivity contribution in [3.63, 3.8) is 0 Å². The van der Waals surface area contributed by atoms with E-state index < -0.39 is 10.0 Å². The maximum Gasteiger partial charge on any atom is 0.260 e. The standard InChI is InChI=1S/C28H31N7O4S/c1-5-25(36)30-20-12-14-35(15-13-20)40(38,39)21-9-7-19(8-10-21)31-28-29-17-24-26(32-28)33(3)23-11-6-18(2)16-22(23)27(37)34(24)4/h5-11,16-17,20H,1,12-15H2,2-4H3,(H,30,36)(H,29,31,32). The predicted octanol–water partition coefficient (Wildman–Crippen LogP) is 3.34. The summed E-state index contributed by atoms with van der Waals surface area (Å²) < 4.78 is 27.8. The minimum atomic E-state index is -3.68. The Labute approximate surface area is 233 Å². The number of fused-ring (bicyclic) bond motifs is 2. The fraction of sp³-hybridized carbons (Fsp3) is 0.286. The summed E-state index contributed by atoms with van der Waals surface area (Å²) in [6, 6.07) is 12.1. The van der Waals surface area contributed by atoms with Gasteiger partial charge in [0.05, 0.1) is 22.3 Å². The smallest absolute Gasteiger partial charge is 0.260 e. The molecule has 0 aliphatic carbocycles. The van der Waals surface area contributed by atoms with Gasteiger partial charge in [0.15, 0.2) is 5.82 Å². The third-order valence-electron chi connectivity index (χ3n) is 7.21. The molecule has 0 unspecified atom stereocenters. The van der Waals surface area contributed by atoms with Crippen molar-refractivity contribution in [1.82, 2.24) is 19.6 Å². The Hall–Kier alpha value is -4.29. The molecular weight excluding hydrogens is 530 g/mol. The van der Waals surface area contributed by atoms with Gasteiger partial charge in [0.25, 0.3) is 5.91 Å². The molecule has 0 radical (unpaired) electrons. The molecule has 2 amide bonds. The Balaban J connectivity index is 1.32. The van der Waals surface area contributed by atoms with E-state index in [2.05, 4.69) is 27.2 Å². The number of anilines is 5. The van der Waals surface area contributed by atoms with Crippen molar-refractivity contribution in [3.05, 3.63) is 72.4 Å². The SMILES string of the molecule is C=CC(=O)NC1CCN(S(=O)(=O)c2ccc(Nc3ncc4c(n3)N(C)c3ccc(C)cc3C(=O)N4C)cc2)CC1. The van der Waals surface area contributed by atoms with Gasteiger partial charge in [-0.3, -0.25) is 9.59 Å². The van der Waals surface area contributed by atoms with Crippen molar-refractivity contribution in [3.8, 4) is 0 Å². The Morgan fingerprint density at radius 1 is 1.05 bits per heavy atom. The minimum Gasteiger partial charge on any atom is -0.350 e. The topological polar surface area (TPSA) is 128 Å². The van der Waals surface area contributed by atoms with Crippen LogP contribution >= 0.6 is 0 Å². The van der Waals surface area contributed by atoms with E-state index in [1.165, 1.54) is 15.3 Å². The normalized spacial score (nSPS) is 16.1. The molecule has 5 rings (SSSR count). The lowest BCUT2D eigenvalue weighted by molar-refractivity contribution is -0.117. The van der Waals surface area contributed by atoms with Crippen LogP contribution in [0.5, 0.6) is 0 Å². The number of nitrogens with one attached hydrogen (secondary N) is 2. The summed E-state index contributed by atoms with van der Waals surface area (Å²) in [4.78, 5) is 37.3. The van der Waals surface area contributed by atoms with E-state index in [4.69, 9.17) is 0 Å². The van der Waals surface area contributed by atoms with E-state index in [1.807, 2.05) is 37.1 Å². The van der Waals surface area contributed by atoms with Gasteiger partial charge in [0, 0.05) is 38.9 Å². The average molecular weight is 562 g/mol.